The molecule has 0 aromatic carbocycles. The maximum atomic E-state index is 13.3. The molecule has 2 amide bonds. The molecule has 33 heavy (non-hydrogen) atoms. The number of hydrogen-bond acceptors (Lipinski definition) is 6. The summed E-state index contributed by atoms with van der Waals surface area (Å²) in [5.41, 5.74) is 2.03. The summed E-state index contributed by atoms with van der Waals surface area (Å²) in [6.45, 7) is 4.97. The zero-order chi connectivity index (χ0) is 23.3. The Balaban J connectivity index is 1.61. The predicted molar refractivity (Wildman–Crippen MR) is 118 cm³/mol. The van der Waals surface area contributed by atoms with Gasteiger partial charge in [0.1, 0.15) is 29.5 Å². The molecule has 3 aromatic heterocycles. The molecular weight excluding hydrogens is 429 g/mol. The second-order valence-electron chi connectivity index (χ2n) is 8.31. The van der Waals surface area contributed by atoms with Gasteiger partial charge >= 0.3 is 0 Å². The maximum absolute atomic E-state index is 13.3. The van der Waals surface area contributed by atoms with Crippen molar-refractivity contribution in [2.45, 2.75) is 33.0 Å². The standard InChI is InChI=1S/C22H22FN7O3/c1-12(2)28-10-15-20(22(28)33)29(11-18(31)26-17-4-3-14(23)9-25-17)19-7-16(13-5-6-24-8-13)27-30(19)21(15)32/h3-5,7,9,12,24H,6,8,10-11H2,1-2H3,(H,25,26,31). The lowest BCUT2D eigenvalue weighted by Crippen LogP contribution is -2.32. The van der Waals surface area contributed by atoms with Gasteiger partial charge in [0.05, 0.1) is 24.0 Å². The Morgan fingerprint density at radius 1 is 1.30 bits per heavy atom. The number of carbonyl (C=O) groups is 2. The zero-order valence-corrected chi connectivity index (χ0v) is 18.1. The van der Waals surface area contributed by atoms with Gasteiger partial charge in [0.2, 0.25) is 5.91 Å². The number of pyridine rings is 1. The van der Waals surface area contributed by atoms with E-state index in [1.807, 2.05) is 19.9 Å². The fourth-order valence-electron chi connectivity index (χ4n) is 4.16. The summed E-state index contributed by atoms with van der Waals surface area (Å²) in [6.07, 6.45) is 2.99. The number of nitrogens with one attached hydrogen (secondary N) is 2. The normalized spacial score (nSPS) is 15.5. The van der Waals surface area contributed by atoms with Gasteiger partial charge in [0.15, 0.2) is 0 Å². The Hall–Kier alpha value is -3.86. The molecule has 0 saturated heterocycles. The van der Waals surface area contributed by atoms with Crippen molar-refractivity contribution in [3.05, 3.63) is 63.6 Å². The van der Waals surface area contributed by atoms with Gasteiger partial charge in [0.25, 0.3) is 11.5 Å². The summed E-state index contributed by atoms with van der Waals surface area (Å²) >= 11 is 0. The van der Waals surface area contributed by atoms with Gasteiger partial charge in [-0.2, -0.15) is 9.61 Å². The summed E-state index contributed by atoms with van der Waals surface area (Å²) in [5.74, 6) is -1.12. The second kappa shape index (κ2) is 7.93. The van der Waals surface area contributed by atoms with E-state index in [9.17, 15) is 18.8 Å². The summed E-state index contributed by atoms with van der Waals surface area (Å²) in [6, 6.07) is 4.14. The molecule has 0 aliphatic carbocycles. The van der Waals surface area contributed by atoms with Crippen LogP contribution >= 0.6 is 0 Å². The van der Waals surface area contributed by atoms with Crippen LogP contribution in [0, 0.1) is 5.82 Å². The summed E-state index contributed by atoms with van der Waals surface area (Å²) in [5, 5.41) is 10.3. The molecule has 2 aliphatic rings. The van der Waals surface area contributed by atoms with Crippen LogP contribution < -0.4 is 16.2 Å². The van der Waals surface area contributed by atoms with Crippen molar-refractivity contribution in [1.29, 1.82) is 0 Å². The molecule has 0 spiro atoms. The smallest absolute Gasteiger partial charge is 0.280 e. The average Bonchev–Trinajstić information content (AvgIpc) is 3.51. The zero-order valence-electron chi connectivity index (χ0n) is 18.1. The van der Waals surface area contributed by atoms with Crippen molar-refractivity contribution < 1.29 is 14.0 Å². The molecule has 2 N–H and O–H groups in total. The molecule has 0 fully saturated rings. The first-order chi connectivity index (χ1) is 15.8. The Kier molecular flexibility index (Phi) is 5.05. The third-order valence-corrected chi connectivity index (χ3v) is 5.82. The van der Waals surface area contributed by atoms with Gasteiger partial charge in [-0.25, -0.2) is 9.37 Å². The quantitative estimate of drug-likeness (QED) is 0.599. The highest BCUT2D eigenvalue weighted by Crippen LogP contribution is 2.25. The lowest BCUT2D eigenvalue weighted by molar-refractivity contribution is -0.116. The molecule has 0 radical (unpaired) electrons. The van der Waals surface area contributed by atoms with Crippen LogP contribution in [-0.4, -0.2) is 55.0 Å². The van der Waals surface area contributed by atoms with Crippen molar-refractivity contribution in [2.75, 3.05) is 18.4 Å². The van der Waals surface area contributed by atoms with E-state index in [-0.39, 0.29) is 42.1 Å². The summed E-state index contributed by atoms with van der Waals surface area (Å²) in [7, 11) is 0. The van der Waals surface area contributed by atoms with Crippen molar-refractivity contribution in [3.63, 3.8) is 0 Å². The van der Waals surface area contributed by atoms with Crippen LogP contribution in [0.25, 0.3) is 11.2 Å². The summed E-state index contributed by atoms with van der Waals surface area (Å²) < 4.78 is 15.9. The number of nitrogens with zero attached hydrogens (tertiary/aromatic N) is 5. The van der Waals surface area contributed by atoms with Crippen LogP contribution in [0.3, 0.4) is 0 Å². The molecule has 0 bridgehead atoms. The molecule has 0 saturated carbocycles. The highest BCUT2D eigenvalue weighted by molar-refractivity contribution is 5.98. The predicted octanol–water partition coefficient (Wildman–Crippen LogP) is 1.02. The number of anilines is 1. The molecule has 11 heteroatoms. The van der Waals surface area contributed by atoms with E-state index in [2.05, 4.69) is 20.7 Å². The highest BCUT2D eigenvalue weighted by atomic mass is 19.1. The summed E-state index contributed by atoms with van der Waals surface area (Å²) in [4.78, 5) is 44.8. The van der Waals surface area contributed by atoms with Gasteiger partial charge in [-0.15, -0.1) is 0 Å². The first-order valence-corrected chi connectivity index (χ1v) is 10.6. The van der Waals surface area contributed by atoms with E-state index in [4.69, 9.17) is 0 Å². The number of aromatic nitrogens is 4. The number of amides is 2. The van der Waals surface area contributed by atoms with Crippen LogP contribution in [0.4, 0.5) is 10.2 Å². The van der Waals surface area contributed by atoms with Gasteiger partial charge < -0.3 is 20.1 Å². The Morgan fingerprint density at radius 2 is 2.12 bits per heavy atom. The van der Waals surface area contributed by atoms with Crippen LogP contribution in [0.2, 0.25) is 0 Å². The Bertz CT molecular complexity index is 1370. The highest BCUT2D eigenvalue weighted by Gasteiger charge is 2.36. The van der Waals surface area contributed by atoms with Crippen LogP contribution in [0.1, 0.15) is 35.6 Å². The molecule has 0 unspecified atom stereocenters. The third kappa shape index (κ3) is 3.59. The van der Waals surface area contributed by atoms with E-state index in [1.165, 1.54) is 21.2 Å². The first kappa shape index (κ1) is 21.0. The van der Waals surface area contributed by atoms with Crippen molar-refractivity contribution in [2.24, 2.45) is 0 Å². The van der Waals surface area contributed by atoms with Gasteiger partial charge in [-0.3, -0.25) is 14.4 Å². The third-order valence-electron chi connectivity index (χ3n) is 5.82. The molecule has 5 heterocycles. The number of hydrogen-bond donors (Lipinski definition) is 2. The van der Waals surface area contributed by atoms with Crippen LogP contribution in [-0.2, 0) is 17.9 Å². The fraction of sp³-hybridized carbons (Fsp3) is 0.318. The molecular formula is C22H22FN7O3. The molecule has 170 valence electrons. The number of halogens is 1. The maximum Gasteiger partial charge on any atom is 0.280 e. The lowest BCUT2D eigenvalue weighted by Gasteiger charge is -2.20. The SMILES string of the molecule is CC(C)N1Cc2c(n(CC(=O)Nc3ccc(F)cn3)c3cc(C4=CCNC4)nn3c2=O)C1=O. The minimum absolute atomic E-state index is 0.118. The largest absolute Gasteiger partial charge is 0.330 e. The minimum Gasteiger partial charge on any atom is -0.330 e. The Labute approximate surface area is 187 Å². The molecule has 2 aliphatic heterocycles. The molecule has 0 atom stereocenters. The molecule has 3 aromatic rings. The van der Waals surface area contributed by atoms with Crippen molar-refractivity contribution in [3.8, 4) is 0 Å². The van der Waals surface area contributed by atoms with E-state index in [1.54, 1.807) is 11.0 Å². The van der Waals surface area contributed by atoms with Crippen molar-refractivity contribution >= 4 is 28.9 Å². The second-order valence-corrected chi connectivity index (χ2v) is 8.31. The van der Waals surface area contributed by atoms with E-state index in [0.717, 1.165) is 11.8 Å². The topological polar surface area (TPSA) is 114 Å². The van der Waals surface area contributed by atoms with E-state index in [0.29, 0.717) is 30.0 Å². The van der Waals surface area contributed by atoms with Crippen LogP contribution in [0.5, 0.6) is 0 Å². The van der Waals surface area contributed by atoms with Gasteiger partial charge in [0, 0.05) is 25.2 Å². The number of fused-ring (bicyclic) bond motifs is 2. The molecule has 5 rings (SSSR count). The fourth-order valence-corrected chi connectivity index (χ4v) is 4.16. The number of rotatable bonds is 5. The van der Waals surface area contributed by atoms with Gasteiger partial charge in [-0.05, 0) is 31.6 Å². The average molecular weight is 451 g/mol. The van der Waals surface area contributed by atoms with E-state index < -0.39 is 11.7 Å². The van der Waals surface area contributed by atoms with Crippen LogP contribution in [0.15, 0.2) is 35.3 Å². The monoisotopic (exact) mass is 451 g/mol. The molecule has 10 nitrogen and oxygen atoms in total. The van der Waals surface area contributed by atoms with Crippen molar-refractivity contribution in [1.82, 2.24) is 29.4 Å². The van der Waals surface area contributed by atoms with Gasteiger partial charge in [-0.1, -0.05) is 6.08 Å². The first-order valence-electron chi connectivity index (χ1n) is 10.6. The number of carbonyl (C=O) groups excluding carboxylic acids is 2. The minimum atomic E-state index is -0.519. The van der Waals surface area contributed by atoms with E-state index >= 15 is 0 Å². The Morgan fingerprint density at radius 3 is 2.79 bits per heavy atom. The lowest BCUT2D eigenvalue weighted by atomic mass is 10.2.